The molecular weight excluding hydrogens is 228 g/mol. The van der Waals surface area contributed by atoms with Crippen molar-refractivity contribution in [1.82, 2.24) is 5.32 Å². The Morgan fingerprint density at radius 3 is 2.56 bits per heavy atom. The number of nitrogens with one attached hydrogen (secondary N) is 2. The van der Waals surface area contributed by atoms with Gasteiger partial charge < -0.3 is 10.6 Å². The fourth-order valence-corrected chi connectivity index (χ4v) is 1.34. The normalized spacial score (nSPS) is 9.69. The van der Waals surface area contributed by atoms with E-state index in [4.69, 9.17) is 11.6 Å². The summed E-state index contributed by atoms with van der Waals surface area (Å²) in [5.74, 6) is -0.507. The number of aryl methyl sites for hydroxylation is 1. The van der Waals surface area contributed by atoms with Gasteiger partial charge in [-0.25, -0.2) is 0 Å². The van der Waals surface area contributed by atoms with E-state index in [1.165, 1.54) is 0 Å². The molecular formula is C11H13ClN2O2. The first-order valence-corrected chi connectivity index (χ1v) is 5.30. The van der Waals surface area contributed by atoms with Crippen LogP contribution in [0.2, 0.25) is 0 Å². The summed E-state index contributed by atoms with van der Waals surface area (Å²) in [5, 5.41) is 5.17. The van der Waals surface area contributed by atoms with E-state index in [-0.39, 0.29) is 17.7 Å². The molecule has 0 fully saturated rings. The van der Waals surface area contributed by atoms with Crippen molar-refractivity contribution in [1.29, 1.82) is 0 Å². The Balaban J connectivity index is 2.91. The minimum atomic E-state index is -0.266. The molecule has 0 aliphatic carbocycles. The third-order valence-corrected chi connectivity index (χ3v) is 2.35. The van der Waals surface area contributed by atoms with Crippen LogP contribution in [0.15, 0.2) is 18.2 Å². The molecule has 0 heterocycles. The van der Waals surface area contributed by atoms with Crippen molar-refractivity contribution >= 4 is 29.1 Å². The van der Waals surface area contributed by atoms with Crippen LogP contribution in [0, 0.1) is 6.92 Å². The highest BCUT2D eigenvalue weighted by atomic mass is 35.5. The van der Waals surface area contributed by atoms with Gasteiger partial charge in [0.15, 0.2) is 0 Å². The van der Waals surface area contributed by atoms with Gasteiger partial charge in [0, 0.05) is 18.3 Å². The van der Waals surface area contributed by atoms with Crippen LogP contribution in [0.4, 0.5) is 5.69 Å². The lowest BCUT2D eigenvalue weighted by atomic mass is 10.1. The largest absolute Gasteiger partial charge is 0.355 e. The van der Waals surface area contributed by atoms with Gasteiger partial charge in [-0.05, 0) is 30.7 Å². The maximum atomic E-state index is 11.3. The number of anilines is 1. The number of hydrogen-bond donors (Lipinski definition) is 2. The molecule has 0 unspecified atom stereocenters. The minimum absolute atomic E-state index is 0.0867. The summed E-state index contributed by atoms with van der Waals surface area (Å²) in [4.78, 5) is 22.4. The van der Waals surface area contributed by atoms with Gasteiger partial charge in [0.2, 0.25) is 5.91 Å². The van der Waals surface area contributed by atoms with E-state index in [9.17, 15) is 9.59 Å². The van der Waals surface area contributed by atoms with Crippen LogP contribution in [0.3, 0.4) is 0 Å². The van der Waals surface area contributed by atoms with Crippen LogP contribution in [0.5, 0.6) is 0 Å². The SMILES string of the molecule is CNC(=O)c1ccc(NC(=O)CCl)c(C)c1. The lowest BCUT2D eigenvalue weighted by molar-refractivity contribution is -0.113. The fourth-order valence-electron chi connectivity index (χ4n) is 1.27. The first-order valence-electron chi connectivity index (χ1n) is 4.77. The number of halogens is 1. The number of rotatable bonds is 3. The Morgan fingerprint density at radius 1 is 1.38 bits per heavy atom. The van der Waals surface area contributed by atoms with Crippen molar-refractivity contribution in [2.24, 2.45) is 0 Å². The van der Waals surface area contributed by atoms with Crippen LogP contribution < -0.4 is 10.6 Å². The molecule has 1 aromatic carbocycles. The maximum absolute atomic E-state index is 11.3. The molecule has 0 saturated carbocycles. The Morgan fingerprint density at radius 2 is 2.06 bits per heavy atom. The summed E-state index contributed by atoms with van der Waals surface area (Å²) in [6, 6.07) is 5.04. The van der Waals surface area contributed by atoms with Gasteiger partial charge in [-0.1, -0.05) is 0 Å². The van der Waals surface area contributed by atoms with Crippen LogP contribution >= 0.6 is 11.6 Å². The second kappa shape index (κ2) is 5.51. The van der Waals surface area contributed by atoms with Crippen LogP contribution in [0.25, 0.3) is 0 Å². The molecule has 2 N–H and O–H groups in total. The zero-order valence-electron chi connectivity index (χ0n) is 9.13. The molecule has 4 nitrogen and oxygen atoms in total. The highest BCUT2D eigenvalue weighted by molar-refractivity contribution is 6.29. The minimum Gasteiger partial charge on any atom is -0.355 e. The Hall–Kier alpha value is -1.55. The number of carbonyl (C=O) groups is 2. The molecule has 1 aromatic rings. The number of amides is 2. The molecule has 0 bridgehead atoms. The van der Waals surface area contributed by atoms with Crippen molar-refractivity contribution < 1.29 is 9.59 Å². The van der Waals surface area contributed by atoms with Crippen LogP contribution in [-0.4, -0.2) is 24.7 Å². The average molecular weight is 241 g/mol. The molecule has 16 heavy (non-hydrogen) atoms. The molecule has 1 rings (SSSR count). The number of carbonyl (C=O) groups excluding carboxylic acids is 2. The molecule has 0 radical (unpaired) electrons. The predicted molar refractivity (Wildman–Crippen MR) is 63.9 cm³/mol. The molecule has 0 aliphatic heterocycles. The van der Waals surface area contributed by atoms with Gasteiger partial charge in [-0.15, -0.1) is 11.6 Å². The van der Waals surface area contributed by atoms with E-state index in [1.54, 1.807) is 25.2 Å². The standard InChI is InChI=1S/C11H13ClN2O2/c1-7-5-8(11(16)13-2)3-4-9(7)14-10(15)6-12/h3-5H,6H2,1-2H3,(H,13,16)(H,14,15). The van der Waals surface area contributed by atoms with Crippen molar-refractivity contribution in [2.45, 2.75) is 6.92 Å². The van der Waals surface area contributed by atoms with E-state index in [2.05, 4.69) is 10.6 Å². The van der Waals surface area contributed by atoms with E-state index in [0.717, 1.165) is 5.56 Å². The summed E-state index contributed by atoms with van der Waals surface area (Å²) in [6.07, 6.45) is 0. The highest BCUT2D eigenvalue weighted by Crippen LogP contribution is 2.16. The predicted octanol–water partition coefficient (Wildman–Crippen LogP) is 1.53. The molecule has 86 valence electrons. The zero-order valence-corrected chi connectivity index (χ0v) is 9.89. The Labute approximate surface area is 99.0 Å². The summed E-state index contributed by atoms with van der Waals surface area (Å²) >= 11 is 5.38. The van der Waals surface area contributed by atoms with Crippen molar-refractivity contribution in [3.8, 4) is 0 Å². The van der Waals surface area contributed by atoms with Crippen molar-refractivity contribution in [2.75, 3.05) is 18.2 Å². The summed E-state index contributed by atoms with van der Waals surface area (Å²) in [7, 11) is 1.57. The number of benzene rings is 1. The lowest BCUT2D eigenvalue weighted by Gasteiger charge is -2.08. The molecule has 0 aromatic heterocycles. The van der Waals surface area contributed by atoms with Gasteiger partial charge in [-0.2, -0.15) is 0 Å². The van der Waals surface area contributed by atoms with E-state index < -0.39 is 0 Å². The quantitative estimate of drug-likeness (QED) is 0.788. The maximum Gasteiger partial charge on any atom is 0.251 e. The first-order chi connectivity index (χ1) is 7.58. The molecule has 0 saturated heterocycles. The molecule has 2 amide bonds. The van der Waals surface area contributed by atoms with E-state index in [1.807, 2.05) is 6.92 Å². The number of alkyl halides is 1. The van der Waals surface area contributed by atoms with E-state index in [0.29, 0.717) is 11.3 Å². The third kappa shape index (κ3) is 2.97. The lowest BCUT2D eigenvalue weighted by Crippen LogP contribution is -2.18. The monoisotopic (exact) mass is 240 g/mol. The van der Waals surface area contributed by atoms with Crippen molar-refractivity contribution in [3.05, 3.63) is 29.3 Å². The van der Waals surface area contributed by atoms with Gasteiger partial charge in [-0.3, -0.25) is 9.59 Å². The Kier molecular flexibility index (Phi) is 4.31. The van der Waals surface area contributed by atoms with E-state index >= 15 is 0 Å². The highest BCUT2D eigenvalue weighted by Gasteiger charge is 2.07. The van der Waals surface area contributed by atoms with Gasteiger partial charge in [0.25, 0.3) is 5.91 Å². The smallest absolute Gasteiger partial charge is 0.251 e. The average Bonchev–Trinajstić information content (AvgIpc) is 2.30. The summed E-state index contributed by atoms with van der Waals surface area (Å²) in [5.41, 5.74) is 2.04. The zero-order chi connectivity index (χ0) is 12.1. The second-order valence-electron chi connectivity index (χ2n) is 3.29. The van der Waals surface area contributed by atoms with Gasteiger partial charge in [0.1, 0.15) is 5.88 Å². The third-order valence-electron chi connectivity index (χ3n) is 2.11. The molecule has 0 atom stereocenters. The summed E-state index contributed by atoms with van der Waals surface area (Å²) in [6.45, 7) is 1.82. The van der Waals surface area contributed by atoms with Crippen molar-refractivity contribution in [3.63, 3.8) is 0 Å². The molecule has 0 spiro atoms. The fraction of sp³-hybridized carbons (Fsp3) is 0.273. The van der Waals surface area contributed by atoms with Crippen LogP contribution in [0.1, 0.15) is 15.9 Å². The van der Waals surface area contributed by atoms with Gasteiger partial charge in [0.05, 0.1) is 0 Å². The molecule has 5 heteroatoms. The number of hydrogen-bond acceptors (Lipinski definition) is 2. The van der Waals surface area contributed by atoms with Crippen LogP contribution in [-0.2, 0) is 4.79 Å². The summed E-state index contributed by atoms with van der Waals surface area (Å²) < 4.78 is 0. The topological polar surface area (TPSA) is 58.2 Å². The second-order valence-corrected chi connectivity index (χ2v) is 3.56. The molecule has 0 aliphatic rings. The Bertz CT molecular complexity index is 418. The first kappa shape index (κ1) is 12.5. The van der Waals surface area contributed by atoms with Gasteiger partial charge >= 0.3 is 0 Å².